The molecule has 20 atom stereocenters. The van der Waals surface area contributed by atoms with Gasteiger partial charge in [0.15, 0.2) is 12.6 Å². The molecule has 1 unspecified atom stereocenters. The van der Waals surface area contributed by atoms with Gasteiger partial charge in [0.05, 0.1) is 26.4 Å². The van der Waals surface area contributed by atoms with Gasteiger partial charge in [-0.3, -0.25) is 4.79 Å². The summed E-state index contributed by atoms with van der Waals surface area (Å²) in [5.74, 6) is -3.80. The highest BCUT2D eigenvalue weighted by molar-refractivity contribution is 5.73. The molecule has 22 nitrogen and oxygen atoms in total. The Morgan fingerprint density at radius 1 is 0.625 bits per heavy atom. The largest absolute Gasteiger partial charge is 0.394 e. The number of nitrogens with one attached hydrogen (secondary N) is 1. The van der Waals surface area contributed by atoms with Crippen LogP contribution in [0.4, 0.5) is 0 Å². The molecule has 0 bridgehead atoms. The molecule has 48 heavy (non-hydrogen) atoms. The first-order valence-electron chi connectivity index (χ1n) is 15.1. The number of ether oxygens (including phenoxy) is 6. The summed E-state index contributed by atoms with van der Waals surface area (Å²) in [6, 6.07) is -1.64. The predicted molar refractivity (Wildman–Crippen MR) is 146 cm³/mol. The lowest BCUT2D eigenvalue weighted by atomic mass is 9.82. The molecule has 0 spiro atoms. The van der Waals surface area contributed by atoms with Crippen LogP contribution in [0, 0.1) is 0 Å². The number of aliphatic hydroxyl groups excluding tert-OH is 14. The molecular weight excluding hydrogens is 662 g/mol. The van der Waals surface area contributed by atoms with E-state index in [4.69, 9.17) is 28.4 Å². The molecule has 0 saturated carbocycles. The van der Waals surface area contributed by atoms with Gasteiger partial charge in [0.1, 0.15) is 104 Å². The lowest BCUT2D eigenvalue weighted by Crippen LogP contribution is -2.78. The summed E-state index contributed by atoms with van der Waals surface area (Å²) in [6.07, 6.45) is -35.5. The maximum Gasteiger partial charge on any atom is 0.228 e. The van der Waals surface area contributed by atoms with Crippen molar-refractivity contribution in [2.45, 2.75) is 129 Å². The Balaban J connectivity index is 1.72. The Hall–Kier alpha value is -1.33. The van der Waals surface area contributed by atoms with Crippen LogP contribution in [-0.4, -0.2) is 226 Å². The van der Waals surface area contributed by atoms with Crippen molar-refractivity contribution in [1.82, 2.24) is 5.32 Å². The number of aliphatic hydroxyl groups is 14. The summed E-state index contributed by atoms with van der Waals surface area (Å²) in [4.78, 5) is 11.8. The third-order valence-electron chi connectivity index (χ3n) is 8.95. The van der Waals surface area contributed by atoms with Crippen LogP contribution in [0.25, 0.3) is 0 Å². The van der Waals surface area contributed by atoms with Crippen molar-refractivity contribution in [3.8, 4) is 0 Å². The van der Waals surface area contributed by atoms with Crippen molar-refractivity contribution in [3.63, 3.8) is 0 Å². The smallest absolute Gasteiger partial charge is 0.228 e. The van der Waals surface area contributed by atoms with Crippen molar-refractivity contribution in [2.24, 2.45) is 0 Å². The van der Waals surface area contributed by atoms with Crippen LogP contribution in [-0.2, 0) is 33.2 Å². The zero-order valence-corrected chi connectivity index (χ0v) is 25.4. The van der Waals surface area contributed by atoms with Gasteiger partial charge < -0.3 is 105 Å². The van der Waals surface area contributed by atoms with Crippen LogP contribution >= 0.6 is 0 Å². The second-order valence-electron chi connectivity index (χ2n) is 12.1. The molecular formula is C26H45NO21. The summed E-state index contributed by atoms with van der Waals surface area (Å²) in [7, 11) is 0. The number of carbonyl (C=O) groups excluding carboxylic acids is 1. The quantitative estimate of drug-likeness (QED) is 0.100. The third kappa shape index (κ3) is 7.21. The number of amides is 1. The molecule has 1 amide bonds. The fourth-order valence-corrected chi connectivity index (χ4v) is 6.32. The van der Waals surface area contributed by atoms with Crippen molar-refractivity contribution in [2.75, 3.05) is 26.4 Å². The maximum absolute atomic E-state index is 11.8. The van der Waals surface area contributed by atoms with Gasteiger partial charge in [-0.1, -0.05) is 0 Å². The Labute approximate surface area is 271 Å². The van der Waals surface area contributed by atoms with E-state index in [9.17, 15) is 76.3 Å². The van der Waals surface area contributed by atoms with Gasteiger partial charge in [-0.2, -0.15) is 0 Å². The van der Waals surface area contributed by atoms with Crippen molar-refractivity contribution < 1.29 is 105 Å². The Bertz CT molecular complexity index is 1060. The molecule has 0 aromatic rings. The summed E-state index contributed by atoms with van der Waals surface area (Å²) in [5, 5.41) is 149. The van der Waals surface area contributed by atoms with E-state index in [1.165, 1.54) is 0 Å². The van der Waals surface area contributed by atoms with Crippen LogP contribution in [0.3, 0.4) is 0 Å². The van der Waals surface area contributed by atoms with E-state index in [0.717, 1.165) is 6.92 Å². The standard InChI is InChI=1S/C26H45NO21/c1-6(32)27-11-14(35)21(10(5-31)44-24(11)42)48-26(22(41)17(38)13(34)8(3-29)47-26)23-18(39)16(37)20(9(4-30)43-23)46-25-19(40)15(36)12(33)7(2-28)45-25/h7-25,28-31,33-42H,2-5H2,1H3,(H,27,32)/t7-,8-,9-,10-,11-,12+,13+,14-,15+,16-,17+,18-,19-,20+,21-,22-,23-,24?,25+,26-/m1/s1. The number of hydrogen-bond acceptors (Lipinski definition) is 21. The minimum absolute atomic E-state index is 0.754. The van der Waals surface area contributed by atoms with Crippen LogP contribution in [0.15, 0.2) is 0 Å². The van der Waals surface area contributed by atoms with E-state index >= 15 is 0 Å². The Morgan fingerprint density at radius 2 is 1.19 bits per heavy atom. The molecule has 0 aliphatic carbocycles. The highest BCUT2D eigenvalue weighted by Gasteiger charge is 2.66. The third-order valence-corrected chi connectivity index (χ3v) is 8.95. The monoisotopic (exact) mass is 707 g/mol. The van der Waals surface area contributed by atoms with Gasteiger partial charge in [-0.15, -0.1) is 0 Å². The molecule has 0 aromatic carbocycles. The average molecular weight is 708 g/mol. The van der Waals surface area contributed by atoms with Crippen molar-refractivity contribution in [3.05, 3.63) is 0 Å². The molecule has 4 heterocycles. The molecule has 4 aliphatic heterocycles. The van der Waals surface area contributed by atoms with E-state index in [-0.39, 0.29) is 0 Å². The summed E-state index contributed by atoms with van der Waals surface area (Å²) in [6.45, 7) is -2.92. The predicted octanol–water partition coefficient (Wildman–Crippen LogP) is -10.2. The van der Waals surface area contributed by atoms with E-state index in [0.29, 0.717) is 0 Å². The van der Waals surface area contributed by atoms with Gasteiger partial charge in [-0.25, -0.2) is 0 Å². The van der Waals surface area contributed by atoms with Crippen LogP contribution in [0.5, 0.6) is 0 Å². The number of carbonyl (C=O) groups is 1. The van der Waals surface area contributed by atoms with Gasteiger partial charge in [0, 0.05) is 6.92 Å². The first-order valence-corrected chi connectivity index (χ1v) is 15.1. The molecule has 15 N–H and O–H groups in total. The van der Waals surface area contributed by atoms with Gasteiger partial charge in [0.25, 0.3) is 0 Å². The molecule has 22 heteroatoms. The molecule has 0 radical (unpaired) electrons. The second-order valence-corrected chi connectivity index (χ2v) is 12.1. The average Bonchev–Trinajstić information content (AvgIpc) is 3.06. The molecule has 280 valence electrons. The minimum atomic E-state index is -3.04. The lowest BCUT2D eigenvalue weighted by molar-refractivity contribution is -0.443. The highest BCUT2D eigenvalue weighted by Crippen LogP contribution is 2.43. The molecule has 4 aliphatic rings. The number of rotatable bonds is 10. The van der Waals surface area contributed by atoms with Crippen LogP contribution in [0.1, 0.15) is 6.92 Å². The summed E-state index contributed by atoms with van der Waals surface area (Å²) < 4.78 is 33.5. The molecule has 0 aromatic heterocycles. The molecule has 4 fully saturated rings. The van der Waals surface area contributed by atoms with Crippen molar-refractivity contribution in [1.29, 1.82) is 0 Å². The molecule has 4 rings (SSSR count). The SMILES string of the molecule is CC(=O)N[C@H]1C(O)O[C@H](CO)[C@@H](O[C@]2([C@@H]3O[C@H](CO)[C@H](O[C@@H]4O[C@H](CO)[C@H](O)[C@H](O)[C@H]4O)[C@H](O)[C@H]3O)O[C@H](CO)[C@H](O)[C@H](O)[C@H]2O)[C@@H]1O. The highest BCUT2D eigenvalue weighted by atomic mass is 16.8. The van der Waals surface area contributed by atoms with Crippen molar-refractivity contribution >= 4 is 5.91 Å². The van der Waals surface area contributed by atoms with E-state index < -0.39 is 154 Å². The number of hydrogen-bond donors (Lipinski definition) is 15. The van der Waals surface area contributed by atoms with E-state index in [1.54, 1.807) is 0 Å². The van der Waals surface area contributed by atoms with Crippen LogP contribution < -0.4 is 5.32 Å². The van der Waals surface area contributed by atoms with Gasteiger partial charge in [-0.05, 0) is 0 Å². The fourth-order valence-electron chi connectivity index (χ4n) is 6.32. The Morgan fingerprint density at radius 3 is 1.75 bits per heavy atom. The first-order chi connectivity index (χ1) is 22.6. The second kappa shape index (κ2) is 15.9. The maximum atomic E-state index is 11.8. The van der Waals surface area contributed by atoms with Gasteiger partial charge in [0.2, 0.25) is 11.7 Å². The van der Waals surface area contributed by atoms with Gasteiger partial charge >= 0.3 is 0 Å². The zero-order valence-electron chi connectivity index (χ0n) is 25.4. The first kappa shape index (κ1) is 39.5. The zero-order chi connectivity index (χ0) is 35.8. The van der Waals surface area contributed by atoms with E-state index in [1.807, 2.05) is 0 Å². The van der Waals surface area contributed by atoms with E-state index in [2.05, 4.69) is 5.32 Å². The lowest BCUT2D eigenvalue weighted by Gasteiger charge is -2.57. The van der Waals surface area contributed by atoms with Crippen LogP contribution in [0.2, 0.25) is 0 Å². The Kier molecular flexibility index (Phi) is 13.1. The molecule has 4 saturated heterocycles. The topological polar surface area (TPSA) is 368 Å². The minimum Gasteiger partial charge on any atom is -0.394 e. The normalized spacial score (nSPS) is 51.8. The summed E-state index contributed by atoms with van der Waals surface area (Å²) in [5.41, 5.74) is 0. The summed E-state index contributed by atoms with van der Waals surface area (Å²) >= 11 is 0. The fraction of sp³-hybridized carbons (Fsp3) is 0.962.